The average Bonchev–Trinajstić information content (AvgIpc) is 3.07. The lowest BCUT2D eigenvalue weighted by atomic mass is 9.94. The minimum Gasteiger partial charge on any atom is -0.352 e. The van der Waals surface area contributed by atoms with E-state index in [2.05, 4.69) is 5.32 Å². The van der Waals surface area contributed by atoms with Crippen LogP contribution in [0.1, 0.15) is 43.2 Å². The lowest BCUT2D eigenvalue weighted by Gasteiger charge is -2.35. The van der Waals surface area contributed by atoms with E-state index in [1.807, 2.05) is 30.3 Å². The molecule has 1 aliphatic carbocycles. The number of benzene rings is 4. The smallest absolute Gasteiger partial charge is 0.264 e. The van der Waals surface area contributed by atoms with E-state index < -0.39 is 34.3 Å². The van der Waals surface area contributed by atoms with Crippen LogP contribution in [0.15, 0.2) is 108 Å². The molecule has 1 aliphatic rings. The van der Waals surface area contributed by atoms with Gasteiger partial charge < -0.3 is 10.2 Å². The molecule has 1 N–H and O–H groups in total. The quantitative estimate of drug-likeness (QED) is 0.167. The van der Waals surface area contributed by atoms with Gasteiger partial charge >= 0.3 is 0 Å². The summed E-state index contributed by atoms with van der Waals surface area (Å²) in [6.07, 6.45) is 4.97. The summed E-state index contributed by atoms with van der Waals surface area (Å²) in [7, 11) is -4.32. The Morgan fingerprint density at radius 3 is 2.11 bits per heavy atom. The summed E-state index contributed by atoms with van der Waals surface area (Å²) in [6, 6.07) is 26.0. The van der Waals surface area contributed by atoms with E-state index in [-0.39, 0.29) is 40.5 Å². The largest absolute Gasteiger partial charge is 0.352 e. The van der Waals surface area contributed by atoms with Gasteiger partial charge in [-0.3, -0.25) is 13.9 Å². The normalized spacial score (nSPS) is 14.3. The van der Waals surface area contributed by atoms with Crippen LogP contribution in [-0.4, -0.2) is 43.8 Å². The van der Waals surface area contributed by atoms with E-state index in [4.69, 9.17) is 23.2 Å². The van der Waals surface area contributed by atoms with Crippen LogP contribution < -0.4 is 9.62 Å². The van der Waals surface area contributed by atoms with Crippen LogP contribution in [0.3, 0.4) is 0 Å². The number of rotatable bonds is 12. The van der Waals surface area contributed by atoms with Crippen molar-refractivity contribution in [2.45, 2.75) is 62.0 Å². The number of carbonyl (C=O) groups excluding carboxylic acids is 2. The third-order valence-corrected chi connectivity index (χ3v) is 10.6. The average molecular weight is 697 g/mol. The van der Waals surface area contributed by atoms with E-state index in [0.29, 0.717) is 10.6 Å². The molecule has 0 spiro atoms. The van der Waals surface area contributed by atoms with Gasteiger partial charge in [-0.05, 0) is 66.4 Å². The van der Waals surface area contributed by atoms with Crippen molar-refractivity contribution in [1.29, 1.82) is 0 Å². The predicted octanol–water partition coefficient (Wildman–Crippen LogP) is 7.42. The highest BCUT2D eigenvalue weighted by atomic mass is 35.5. The second-order valence-corrected chi connectivity index (χ2v) is 14.3. The van der Waals surface area contributed by atoms with Gasteiger partial charge in [0.1, 0.15) is 18.4 Å². The second kappa shape index (κ2) is 15.8. The van der Waals surface area contributed by atoms with Crippen molar-refractivity contribution in [3.05, 3.63) is 130 Å². The first-order valence-corrected chi connectivity index (χ1v) is 17.7. The maximum absolute atomic E-state index is 14.6. The summed E-state index contributed by atoms with van der Waals surface area (Å²) in [5.74, 6) is -1.42. The molecule has 2 amide bonds. The maximum atomic E-state index is 14.6. The fourth-order valence-electron chi connectivity index (χ4n) is 5.80. The molecule has 0 aromatic heterocycles. The number of halogens is 3. The van der Waals surface area contributed by atoms with Gasteiger partial charge in [-0.2, -0.15) is 0 Å². The van der Waals surface area contributed by atoms with Gasteiger partial charge in [0.2, 0.25) is 11.8 Å². The van der Waals surface area contributed by atoms with Gasteiger partial charge in [-0.25, -0.2) is 12.8 Å². The monoisotopic (exact) mass is 695 g/mol. The summed E-state index contributed by atoms with van der Waals surface area (Å²) < 4.78 is 43.1. The predicted molar refractivity (Wildman–Crippen MR) is 183 cm³/mol. The summed E-state index contributed by atoms with van der Waals surface area (Å²) in [6.45, 7) is -0.732. The molecule has 1 atom stereocenters. The first-order valence-electron chi connectivity index (χ1n) is 15.5. The molecule has 1 saturated carbocycles. The fraction of sp³-hybridized carbons (Fsp3) is 0.278. The molecular weight excluding hydrogens is 660 g/mol. The lowest BCUT2D eigenvalue weighted by Crippen LogP contribution is -2.55. The summed E-state index contributed by atoms with van der Waals surface area (Å²) >= 11 is 12.7. The number of sulfonamides is 1. The first-order chi connectivity index (χ1) is 22.6. The van der Waals surface area contributed by atoms with Gasteiger partial charge in [0.05, 0.1) is 15.6 Å². The minimum absolute atomic E-state index is 0.0277. The zero-order valence-corrected chi connectivity index (χ0v) is 28.0. The molecule has 0 heterocycles. The zero-order valence-electron chi connectivity index (χ0n) is 25.7. The second-order valence-electron chi connectivity index (χ2n) is 11.6. The van der Waals surface area contributed by atoms with Gasteiger partial charge in [0, 0.05) is 24.0 Å². The van der Waals surface area contributed by atoms with Crippen molar-refractivity contribution in [2.75, 3.05) is 10.8 Å². The van der Waals surface area contributed by atoms with Crippen LogP contribution in [0.2, 0.25) is 10.0 Å². The molecule has 0 aliphatic heterocycles. The highest BCUT2D eigenvalue weighted by molar-refractivity contribution is 7.92. The number of carbonyl (C=O) groups is 2. The Labute approximate surface area is 285 Å². The first kappa shape index (κ1) is 34.4. The highest BCUT2D eigenvalue weighted by Gasteiger charge is 2.36. The Balaban J connectivity index is 1.57. The molecule has 7 nitrogen and oxygen atoms in total. The van der Waals surface area contributed by atoms with Gasteiger partial charge in [0.25, 0.3) is 10.0 Å². The van der Waals surface area contributed by atoms with Crippen molar-refractivity contribution in [1.82, 2.24) is 10.2 Å². The van der Waals surface area contributed by atoms with E-state index in [9.17, 15) is 22.4 Å². The van der Waals surface area contributed by atoms with Crippen molar-refractivity contribution in [3.8, 4) is 0 Å². The van der Waals surface area contributed by atoms with Crippen LogP contribution in [0.25, 0.3) is 0 Å². The standard InChI is InChI=1S/C36H36Cl2FN3O4S/c37-28-18-21-33(32(38)23-28)42(47(45,46)31-14-8-3-9-15-31)25-35(43)41(24-27-16-19-29(39)20-17-27)34(22-26-10-4-1-5-11-26)36(44)40-30-12-6-2-7-13-30/h1,3-5,8-11,14-21,23,30,34H,2,6-7,12-13,22,24-25H2,(H,40,44). The van der Waals surface area contributed by atoms with E-state index >= 15 is 0 Å². The SMILES string of the molecule is O=C(NC1CCCCC1)C(Cc1ccccc1)N(Cc1ccc(F)cc1)C(=O)CN(c1ccc(Cl)cc1Cl)S(=O)(=O)c1ccccc1. The Hall–Kier alpha value is -3.92. The van der Waals surface area contributed by atoms with E-state index in [1.54, 1.807) is 30.3 Å². The molecule has 0 bridgehead atoms. The van der Waals surface area contributed by atoms with Crippen molar-refractivity contribution >= 4 is 50.7 Å². The van der Waals surface area contributed by atoms with Crippen molar-refractivity contribution < 1.29 is 22.4 Å². The van der Waals surface area contributed by atoms with Crippen LogP contribution in [0.4, 0.5) is 10.1 Å². The van der Waals surface area contributed by atoms with E-state index in [0.717, 1.165) is 42.0 Å². The van der Waals surface area contributed by atoms with Crippen LogP contribution in [0, 0.1) is 5.82 Å². The van der Waals surface area contributed by atoms with Gasteiger partial charge in [-0.1, -0.05) is 103 Å². The fourth-order valence-corrected chi connectivity index (χ4v) is 7.82. The summed E-state index contributed by atoms with van der Waals surface area (Å²) in [4.78, 5) is 30.1. The zero-order chi connectivity index (χ0) is 33.4. The Morgan fingerprint density at radius 1 is 0.830 bits per heavy atom. The molecule has 11 heteroatoms. The van der Waals surface area contributed by atoms with Crippen molar-refractivity contribution in [3.63, 3.8) is 0 Å². The van der Waals surface area contributed by atoms with Crippen molar-refractivity contribution in [2.24, 2.45) is 0 Å². The molecule has 246 valence electrons. The molecule has 4 aromatic rings. The Morgan fingerprint density at radius 2 is 1.47 bits per heavy atom. The molecule has 5 rings (SSSR count). The number of amides is 2. The summed E-state index contributed by atoms with van der Waals surface area (Å²) in [5.41, 5.74) is 1.45. The lowest BCUT2D eigenvalue weighted by molar-refractivity contribution is -0.140. The summed E-state index contributed by atoms with van der Waals surface area (Å²) in [5, 5.41) is 3.49. The van der Waals surface area contributed by atoms with Crippen LogP contribution in [-0.2, 0) is 32.6 Å². The highest BCUT2D eigenvalue weighted by Crippen LogP contribution is 2.33. The number of nitrogens with one attached hydrogen (secondary N) is 1. The minimum atomic E-state index is -4.32. The topological polar surface area (TPSA) is 86.8 Å². The number of hydrogen-bond acceptors (Lipinski definition) is 4. The molecule has 47 heavy (non-hydrogen) atoms. The number of hydrogen-bond donors (Lipinski definition) is 1. The third-order valence-electron chi connectivity index (χ3n) is 8.28. The maximum Gasteiger partial charge on any atom is 0.264 e. The number of nitrogens with zero attached hydrogens (tertiary/aromatic N) is 2. The molecule has 1 fully saturated rings. The third kappa shape index (κ3) is 8.91. The Bertz CT molecular complexity index is 1770. The van der Waals surface area contributed by atoms with Crippen LogP contribution >= 0.6 is 23.2 Å². The van der Waals surface area contributed by atoms with E-state index in [1.165, 1.54) is 47.4 Å². The van der Waals surface area contributed by atoms with Crippen LogP contribution in [0.5, 0.6) is 0 Å². The van der Waals surface area contributed by atoms with Gasteiger partial charge in [-0.15, -0.1) is 0 Å². The van der Waals surface area contributed by atoms with Gasteiger partial charge in [0.15, 0.2) is 0 Å². The molecule has 0 saturated heterocycles. The molecule has 1 unspecified atom stereocenters. The number of anilines is 1. The molecule has 0 radical (unpaired) electrons. The molecular formula is C36H36Cl2FN3O4S. The Kier molecular flexibility index (Phi) is 11.6. The molecule has 4 aromatic carbocycles.